The number of hydrogen-bond acceptors (Lipinski definition) is 2. The second-order valence-electron chi connectivity index (χ2n) is 3.46. The van der Waals surface area contributed by atoms with Crippen LogP contribution in [0.5, 0.6) is 0 Å². The van der Waals surface area contributed by atoms with Crippen molar-refractivity contribution in [3.05, 3.63) is 34.9 Å². The van der Waals surface area contributed by atoms with Gasteiger partial charge in [0.05, 0.1) is 13.2 Å². The number of aliphatic hydroxyl groups is 2. The molecule has 78 valence electrons. The minimum Gasteiger partial charge on any atom is -0.395 e. The van der Waals surface area contributed by atoms with Crippen molar-refractivity contribution in [3.63, 3.8) is 0 Å². The zero-order valence-electron chi connectivity index (χ0n) is 8.20. The molecule has 1 rings (SSSR count). The van der Waals surface area contributed by atoms with E-state index in [0.717, 1.165) is 5.56 Å². The summed E-state index contributed by atoms with van der Waals surface area (Å²) in [6.07, 6.45) is 0.681. The molecule has 0 aliphatic carbocycles. The van der Waals surface area contributed by atoms with Gasteiger partial charge in [-0.3, -0.25) is 0 Å². The summed E-state index contributed by atoms with van der Waals surface area (Å²) in [6, 6.07) is 7.27. The van der Waals surface area contributed by atoms with Gasteiger partial charge in [-0.25, -0.2) is 0 Å². The summed E-state index contributed by atoms with van der Waals surface area (Å²) in [5.74, 6) is 0. The van der Waals surface area contributed by atoms with Crippen molar-refractivity contribution in [2.24, 2.45) is 0 Å². The molecule has 0 amide bonds. The molecule has 14 heavy (non-hydrogen) atoms. The average Bonchev–Trinajstić information content (AvgIpc) is 2.22. The fourth-order valence-electron chi connectivity index (χ4n) is 1.48. The molecule has 0 heterocycles. The maximum atomic E-state index is 9.32. The van der Waals surface area contributed by atoms with Gasteiger partial charge in [0.1, 0.15) is 0 Å². The maximum absolute atomic E-state index is 9.32. The van der Waals surface area contributed by atoms with Crippen LogP contribution in [0.3, 0.4) is 0 Å². The van der Waals surface area contributed by atoms with Gasteiger partial charge in [-0.1, -0.05) is 30.7 Å². The van der Waals surface area contributed by atoms with Crippen LogP contribution in [0.15, 0.2) is 24.3 Å². The lowest BCUT2D eigenvalue weighted by Crippen LogP contribution is -2.33. The Morgan fingerprint density at radius 2 is 1.93 bits per heavy atom. The topological polar surface area (TPSA) is 40.5 Å². The lowest BCUT2D eigenvalue weighted by Gasteiger charge is -2.29. The molecule has 1 aromatic carbocycles. The minimum absolute atomic E-state index is 0.0691. The minimum atomic E-state index is -0.565. The van der Waals surface area contributed by atoms with E-state index in [2.05, 4.69) is 0 Å². The van der Waals surface area contributed by atoms with Gasteiger partial charge in [0.15, 0.2) is 0 Å². The van der Waals surface area contributed by atoms with Crippen LogP contribution in [0.1, 0.15) is 18.9 Å². The molecule has 3 heteroatoms. The molecule has 0 aromatic heterocycles. The zero-order chi connectivity index (χ0) is 10.6. The average molecular weight is 215 g/mol. The Morgan fingerprint density at radius 3 is 2.36 bits per heavy atom. The lowest BCUT2D eigenvalue weighted by molar-refractivity contribution is 0.113. The Morgan fingerprint density at radius 1 is 1.29 bits per heavy atom. The first-order chi connectivity index (χ1) is 6.68. The summed E-state index contributed by atoms with van der Waals surface area (Å²) in [4.78, 5) is 0. The summed E-state index contributed by atoms with van der Waals surface area (Å²) in [5.41, 5.74) is 0.322. The van der Waals surface area contributed by atoms with Crippen molar-refractivity contribution in [1.82, 2.24) is 0 Å². The molecule has 0 radical (unpaired) electrons. The third kappa shape index (κ3) is 2.08. The van der Waals surface area contributed by atoms with Crippen molar-refractivity contribution in [3.8, 4) is 0 Å². The Bertz CT molecular complexity index is 287. The second kappa shape index (κ2) is 4.78. The molecule has 0 aliphatic rings. The Kier molecular flexibility index (Phi) is 3.93. The summed E-state index contributed by atoms with van der Waals surface area (Å²) in [6.45, 7) is 1.80. The smallest absolute Gasteiger partial charge is 0.0550 e. The SMILES string of the molecule is CCC(CO)(CO)c1cccc(Cl)c1. The van der Waals surface area contributed by atoms with Gasteiger partial charge in [0.2, 0.25) is 0 Å². The molecular weight excluding hydrogens is 200 g/mol. The van der Waals surface area contributed by atoms with Crippen molar-refractivity contribution in [2.75, 3.05) is 13.2 Å². The Hall–Kier alpha value is -0.570. The van der Waals surface area contributed by atoms with E-state index in [1.54, 1.807) is 12.1 Å². The normalized spacial score (nSPS) is 11.7. The van der Waals surface area contributed by atoms with Crippen molar-refractivity contribution >= 4 is 11.6 Å². The van der Waals surface area contributed by atoms with Crippen LogP contribution in [0, 0.1) is 0 Å². The number of aliphatic hydroxyl groups excluding tert-OH is 2. The van der Waals surface area contributed by atoms with Crippen molar-refractivity contribution in [2.45, 2.75) is 18.8 Å². The number of benzene rings is 1. The van der Waals surface area contributed by atoms with E-state index in [4.69, 9.17) is 11.6 Å². The standard InChI is InChI=1S/C11H15ClO2/c1-2-11(7-13,8-14)9-4-3-5-10(12)6-9/h3-6,13-14H,2,7-8H2,1H3. The van der Waals surface area contributed by atoms with Crippen LogP contribution in [0.4, 0.5) is 0 Å². The van der Waals surface area contributed by atoms with Crippen LogP contribution in [0.2, 0.25) is 5.02 Å². The molecule has 0 fully saturated rings. The van der Waals surface area contributed by atoms with Gasteiger partial charge in [-0.15, -0.1) is 0 Å². The summed E-state index contributed by atoms with van der Waals surface area (Å²) >= 11 is 5.86. The maximum Gasteiger partial charge on any atom is 0.0550 e. The Labute approximate surface area is 89.1 Å². The summed E-state index contributed by atoms with van der Waals surface area (Å²) in [5, 5.41) is 19.3. The predicted molar refractivity (Wildman–Crippen MR) is 57.6 cm³/mol. The first kappa shape index (κ1) is 11.5. The van der Waals surface area contributed by atoms with Gasteiger partial charge in [0, 0.05) is 10.4 Å². The Balaban J connectivity index is 3.10. The first-order valence-corrected chi connectivity index (χ1v) is 5.04. The lowest BCUT2D eigenvalue weighted by atomic mass is 9.80. The van der Waals surface area contributed by atoms with Gasteiger partial charge in [0.25, 0.3) is 0 Å². The quantitative estimate of drug-likeness (QED) is 0.805. The molecule has 0 spiro atoms. The molecule has 2 nitrogen and oxygen atoms in total. The molecular formula is C11H15ClO2. The highest BCUT2D eigenvalue weighted by molar-refractivity contribution is 6.30. The van der Waals surface area contributed by atoms with E-state index in [1.807, 2.05) is 19.1 Å². The van der Waals surface area contributed by atoms with Crippen molar-refractivity contribution < 1.29 is 10.2 Å². The van der Waals surface area contributed by atoms with Crippen LogP contribution >= 0.6 is 11.6 Å². The van der Waals surface area contributed by atoms with E-state index < -0.39 is 5.41 Å². The number of rotatable bonds is 4. The van der Waals surface area contributed by atoms with Crippen LogP contribution in [-0.4, -0.2) is 23.4 Å². The van der Waals surface area contributed by atoms with Gasteiger partial charge < -0.3 is 10.2 Å². The number of halogens is 1. The molecule has 2 N–H and O–H groups in total. The molecule has 0 atom stereocenters. The van der Waals surface area contributed by atoms with Crippen LogP contribution in [0.25, 0.3) is 0 Å². The van der Waals surface area contributed by atoms with E-state index in [-0.39, 0.29) is 13.2 Å². The van der Waals surface area contributed by atoms with E-state index >= 15 is 0 Å². The number of hydrogen-bond donors (Lipinski definition) is 2. The zero-order valence-corrected chi connectivity index (χ0v) is 8.96. The molecule has 0 bridgehead atoms. The fourth-order valence-corrected chi connectivity index (χ4v) is 1.67. The summed E-state index contributed by atoms with van der Waals surface area (Å²) in [7, 11) is 0. The second-order valence-corrected chi connectivity index (χ2v) is 3.90. The molecule has 0 saturated heterocycles. The highest BCUT2D eigenvalue weighted by Gasteiger charge is 2.28. The van der Waals surface area contributed by atoms with E-state index in [1.165, 1.54) is 0 Å². The van der Waals surface area contributed by atoms with Gasteiger partial charge in [-0.05, 0) is 24.1 Å². The first-order valence-electron chi connectivity index (χ1n) is 4.66. The van der Waals surface area contributed by atoms with Crippen molar-refractivity contribution in [1.29, 1.82) is 0 Å². The van der Waals surface area contributed by atoms with E-state index in [0.29, 0.717) is 11.4 Å². The third-order valence-electron chi connectivity index (χ3n) is 2.72. The summed E-state index contributed by atoms with van der Waals surface area (Å²) < 4.78 is 0. The van der Waals surface area contributed by atoms with Crippen LogP contribution < -0.4 is 0 Å². The third-order valence-corrected chi connectivity index (χ3v) is 2.95. The highest BCUT2D eigenvalue weighted by atomic mass is 35.5. The monoisotopic (exact) mass is 214 g/mol. The predicted octanol–water partition coefficient (Wildman–Crippen LogP) is 1.97. The van der Waals surface area contributed by atoms with Gasteiger partial charge >= 0.3 is 0 Å². The van der Waals surface area contributed by atoms with Gasteiger partial charge in [-0.2, -0.15) is 0 Å². The molecule has 0 unspecified atom stereocenters. The molecule has 0 aliphatic heterocycles. The largest absolute Gasteiger partial charge is 0.395 e. The molecule has 0 saturated carbocycles. The molecule has 1 aromatic rings. The van der Waals surface area contributed by atoms with E-state index in [9.17, 15) is 10.2 Å². The van der Waals surface area contributed by atoms with Crippen LogP contribution in [-0.2, 0) is 5.41 Å². The highest BCUT2D eigenvalue weighted by Crippen LogP contribution is 2.28. The fraction of sp³-hybridized carbons (Fsp3) is 0.455.